The van der Waals surface area contributed by atoms with Crippen LogP contribution in [0, 0.1) is 59.8 Å². The van der Waals surface area contributed by atoms with Crippen molar-refractivity contribution < 1.29 is 22.4 Å². The smallest absolute Gasteiger partial charge is 0.254 e. The zero-order valence-corrected chi connectivity index (χ0v) is 23.9. The fourth-order valence-corrected chi connectivity index (χ4v) is 5.78. The van der Waals surface area contributed by atoms with Gasteiger partial charge in [0.25, 0.3) is 5.91 Å². The molecule has 2 aliphatic heterocycles. The van der Waals surface area contributed by atoms with Crippen LogP contribution in [-0.4, -0.2) is 68.1 Å². The summed E-state index contributed by atoms with van der Waals surface area (Å²) in [5.74, 6) is -4.23. The molecule has 3 aromatic carbocycles. The van der Waals surface area contributed by atoms with Crippen LogP contribution in [0.2, 0.25) is 0 Å². The SMILES string of the molecule is Cc1cc(C)c(C(=O)N2CCN(c3cc(F)c(F)cc3C#N)CC2)cc1CN1CCN(c2cc(F)c(F)cc2C#N)CC1. The fourth-order valence-electron chi connectivity index (χ4n) is 5.78. The number of aryl methyl sites for hydroxylation is 2. The van der Waals surface area contributed by atoms with Crippen molar-refractivity contribution >= 4 is 17.3 Å². The molecule has 3 aromatic rings. The molecule has 0 bridgehead atoms. The number of carbonyl (C=O) groups is 1. The molecule has 0 unspecified atom stereocenters. The van der Waals surface area contributed by atoms with Gasteiger partial charge in [-0.15, -0.1) is 0 Å². The van der Waals surface area contributed by atoms with Crippen molar-refractivity contribution in [2.75, 3.05) is 62.2 Å². The summed E-state index contributed by atoms with van der Waals surface area (Å²) < 4.78 is 55.0. The highest BCUT2D eigenvalue weighted by Gasteiger charge is 2.27. The van der Waals surface area contributed by atoms with Crippen molar-refractivity contribution in [1.29, 1.82) is 10.5 Å². The van der Waals surface area contributed by atoms with Crippen LogP contribution in [-0.2, 0) is 6.54 Å². The highest BCUT2D eigenvalue weighted by Crippen LogP contribution is 2.28. The predicted molar refractivity (Wildman–Crippen MR) is 154 cm³/mol. The average molecular weight is 591 g/mol. The molecule has 2 heterocycles. The number of piperazine rings is 2. The average Bonchev–Trinajstić information content (AvgIpc) is 3.01. The Balaban J connectivity index is 1.24. The van der Waals surface area contributed by atoms with E-state index in [0.29, 0.717) is 75.8 Å². The molecule has 0 atom stereocenters. The number of halogens is 4. The summed E-state index contributed by atoms with van der Waals surface area (Å²) in [6, 6.07) is 11.7. The molecule has 43 heavy (non-hydrogen) atoms. The predicted octanol–water partition coefficient (Wildman–Crippen LogP) is 4.89. The number of amides is 1. The van der Waals surface area contributed by atoms with Gasteiger partial charge in [0.2, 0.25) is 0 Å². The number of hydrogen-bond donors (Lipinski definition) is 0. The van der Waals surface area contributed by atoms with Gasteiger partial charge < -0.3 is 14.7 Å². The molecule has 0 aromatic heterocycles. The Morgan fingerprint density at radius 1 is 0.674 bits per heavy atom. The van der Waals surface area contributed by atoms with Gasteiger partial charge in [-0.2, -0.15) is 10.5 Å². The lowest BCUT2D eigenvalue weighted by molar-refractivity contribution is 0.0745. The molecule has 0 N–H and O–H groups in total. The van der Waals surface area contributed by atoms with E-state index >= 15 is 0 Å². The number of nitrogens with zero attached hydrogens (tertiary/aromatic N) is 6. The zero-order valence-electron chi connectivity index (χ0n) is 23.9. The molecule has 0 saturated carbocycles. The maximum absolute atomic E-state index is 13.9. The second-order valence-corrected chi connectivity index (χ2v) is 10.9. The highest BCUT2D eigenvalue weighted by molar-refractivity contribution is 5.96. The summed E-state index contributed by atoms with van der Waals surface area (Å²) >= 11 is 0. The first-order valence-corrected chi connectivity index (χ1v) is 14.0. The summed E-state index contributed by atoms with van der Waals surface area (Å²) in [4.78, 5) is 21.2. The van der Waals surface area contributed by atoms with Crippen molar-refractivity contribution in [3.8, 4) is 12.1 Å². The number of hydrogen-bond acceptors (Lipinski definition) is 6. The fraction of sp³-hybridized carbons (Fsp3) is 0.344. The summed E-state index contributed by atoms with van der Waals surface area (Å²) in [7, 11) is 0. The van der Waals surface area contributed by atoms with Crippen LogP contribution >= 0.6 is 0 Å². The van der Waals surface area contributed by atoms with Crippen molar-refractivity contribution in [1.82, 2.24) is 9.80 Å². The van der Waals surface area contributed by atoms with Gasteiger partial charge in [0.15, 0.2) is 23.3 Å². The van der Waals surface area contributed by atoms with E-state index in [1.807, 2.05) is 43.0 Å². The van der Waals surface area contributed by atoms with E-state index in [1.54, 1.807) is 9.80 Å². The van der Waals surface area contributed by atoms with E-state index in [4.69, 9.17) is 0 Å². The zero-order chi connectivity index (χ0) is 30.8. The van der Waals surface area contributed by atoms with E-state index in [1.165, 1.54) is 0 Å². The van der Waals surface area contributed by atoms with E-state index in [9.17, 15) is 32.9 Å². The minimum absolute atomic E-state index is 0.0499. The van der Waals surface area contributed by atoms with Gasteiger partial charge in [-0.05, 0) is 48.7 Å². The van der Waals surface area contributed by atoms with Crippen LogP contribution in [0.25, 0.3) is 0 Å². The first-order valence-electron chi connectivity index (χ1n) is 14.0. The standard InChI is InChI=1S/C32H30F4N6O/c1-20-11-21(2)25(32(43)42-9-7-41(8-10-42)31-16-29(36)27(34)14-23(31)18-38)12-24(20)19-39-3-5-40(6-4-39)30-15-28(35)26(33)13-22(30)17-37/h11-16H,3-10,19H2,1-2H3. The number of rotatable bonds is 5. The monoisotopic (exact) mass is 590 g/mol. The lowest BCUT2D eigenvalue weighted by Crippen LogP contribution is -2.49. The van der Waals surface area contributed by atoms with Gasteiger partial charge in [0.1, 0.15) is 12.1 Å². The Morgan fingerprint density at radius 3 is 1.63 bits per heavy atom. The molecule has 0 spiro atoms. The highest BCUT2D eigenvalue weighted by atomic mass is 19.2. The van der Waals surface area contributed by atoms with Gasteiger partial charge in [-0.25, -0.2) is 17.6 Å². The van der Waals surface area contributed by atoms with Gasteiger partial charge in [0, 0.05) is 76.6 Å². The van der Waals surface area contributed by atoms with E-state index in [-0.39, 0.29) is 17.0 Å². The molecular weight excluding hydrogens is 560 g/mol. The summed E-state index contributed by atoms with van der Waals surface area (Å²) in [6.45, 7) is 8.31. The second-order valence-electron chi connectivity index (χ2n) is 10.9. The lowest BCUT2D eigenvalue weighted by Gasteiger charge is -2.37. The largest absolute Gasteiger partial charge is 0.368 e. The Kier molecular flexibility index (Phi) is 8.56. The maximum Gasteiger partial charge on any atom is 0.254 e. The molecule has 0 radical (unpaired) electrons. The first kappa shape index (κ1) is 29.9. The molecule has 7 nitrogen and oxygen atoms in total. The van der Waals surface area contributed by atoms with Crippen molar-refractivity contribution in [3.05, 3.63) is 93.0 Å². The minimum atomic E-state index is -1.07. The minimum Gasteiger partial charge on any atom is -0.368 e. The molecule has 0 aliphatic carbocycles. The van der Waals surface area contributed by atoms with E-state index in [2.05, 4.69) is 4.90 Å². The molecule has 222 valence electrons. The first-order chi connectivity index (χ1) is 20.6. The van der Waals surface area contributed by atoms with Crippen molar-refractivity contribution in [3.63, 3.8) is 0 Å². The Hall–Kier alpha value is -4.61. The van der Waals surface area contributed by atoms with E-state index in [0.717, 1.165) is 41.0 Å². The number of benzene rings is 3. The van der Waals surface area contributed by atoms with Gasteiger partial charge in [0.05, 0.1) is 22.5 Å². The third-order valence-corrected chi connectivity index (χ3v) is 8.25. The lowest BCUT2D eigenvalue weighted by atomic mass is 9.98. The number of nitriles is 2. The molecule has 2 aliphatic rings. The van der Waals surface area contributed by atoms with Crippen molar-refractivity contribution in [2.45, 2.75) is 20.4 Å². The quantitative estimate of drug-likeness (QED) is 0.394. The van der Waals surface area contributed by atoms with Crippen LogP contribution in [0.1, 0.15) is 38.2 Å². The molecule has 1 amide bonds. The third-order valence-electron chi connectivity index (χ3n) is 8.25. The Bertz CT molecular complexity index is 1650. The van der Waals surface area contributed by atoms with E-state index < -0.39 is 23.3 Å². The van der Waals surface area contributed by atoms with Gasteiger partial charge >= 0.3 is 0 Å². The normalized spacial score (nSPS) is 15.8. The summed E-state index contributed by atoms with van der Waals surface area (Å²) in [6.07, 6.45) is 0. The van der Waals surface area contributed by atoms with Crippen LogP contribution in [0.4, 0.5) is 28.9 Å². The van der Waals surface area contributed by atoms with Crippen LogP contribution in [0.3, 0.4) is 0 Å². The Labute approximate surface area is 247 Å². The molecule has 2 saturated heterocycles. The maximum atomic E-state index is 13.9. The van der Waals surface area contributed by atoms with Crippen LogP contribution < -0.4 is 9.80 Å². The van der Waals surface area contributed by atoms with Crippen LogP contribution in [0.5, 0.6) is 0 Å². The number of carbonyl (C=O) groups excluding carboxylic acids is 1. The Morgan fingerprint density at radius 2 is 1.14 bits per heavy atom. The van der Waals surface area contributed by atoms with Crippen molar-refractivity contribution in [2.24, 2.45) is 0 Å². The molecule has 11 heteroatoms. The molecule has 5 rings (SSSR count). The molecule has 2 fully saturated rings. The second kappa shape index (κ2) is 12.3. The topological polar surface area (TPSA) is 77.6 Å². The van der Waals surface area contributed by atoms with Crippen LogP contribution in [0.15, 0.2) is 36.4 Å². The summed E-state index contributed by atoms with van der Waals surface area (Å²) in [5.41, 5.74) is 4.36. The molecular formula is C32H30F4N6O. The summed E-state index contributed by atoms with van der Waals surface area (Å²) in [5, 5.41) is 18.8. The van der Waals surface area contributed by atoms with Gasteiger partial charge in [-0.1, -0.05) is 6.07 Å². The number of anilines is 2. The third kappa shape index (κ3) is 6.13. The van der Waals surface area contributed by atoms with Gasteiger partial charge in [-0.3, -0.25) is 9.69 Å².